The lowest BCUT2D eigenvalue weighted by atomic mass is 9.79. The first-order chi connectivity index (χ1) is 6.04. The Morgan fingerprint density at radius 1 is 1.54 bits per heavy atom. The molecule has 5 nitrogen and oxygen atoms in total. The summed E-state index contributed by atoms with van der Waals surface area (Å²) in [6.07, 6.45) is 1.23. The number of nitrogens with zero attached hydrogens (tertiary/aromatic N) is 1. The fourth-order valence-corrected chi connectivity index (χ4v) is 0.935. The van der Waals surface area contributed by atoms with Gasteiger partial charge in [0, 0.05) is 18.6 Å². The fraction of sp³-hybridized carbons (Fsp3) is 0.143. The van der Waals surface area contributed by atoms with Crippen molar-refractivity contribution >= 4 is 18.4 Å². The number of aromatic hydroxyl groups is 1. The predicted octanol–water partition coefficient (Wildman–Crippen LogP) is -1.33. The minimum atomic E-state index is -1.80. The van der Waals surface area contributed by atoms with E-state index in [2.05, 4.69) is 4.98 Å². The van der Waals surface area contributed by atoms with Gasteiger partial charge in [0.15, 0.2) is 5.78 Å². The summed E-state index contributed by atoms with van der Waals surface area (Å²) in [7, 11) is -1.80. The van der Waals surface area contributed by atoms with Crippen molar-refractivity contribution < 1.29 is 19.9 Å². The first-order valence-corrected chi connectivity index (χ1v) is 3.59. The van der Waals surface area contributed by atoms with Crippen LogP contribution in [0.4, 0.5) is 0 Å². The molecule has 0 aromatic carbocycles. The van der Waals surface area contributed by atoms with Crippen molar-refractivity contribution in [3.63, 3.8) is 0 Å². The molecule has 0 amide bonds. The maximum Gasteiger partial charge on any atom is 0.492 e. The van der Waals surface area contributed by atoms with Crippen LogP contribution in [0, 0.1) is 0 Å². The molecule has 0 radical (unpaired) electrons. The quantitative estimate of drug-likeness (QED) is 0.388. The monoisotopic (exact) mass is 181 g/mol. The van der Waals surface area contributed by atoms with Gasteiger partial charge in [0.1, 0.15) is 11.4 Å². The number of aromatic nitrogens is 1. The molecule has 1 heterocycles. The number of pyridine rings is 1. The van der Waals surface area contributed by atoms with Crippen LogP contribution in [0.2, 0.25) is 0 Å². The second-order valence-electron chi connectivity index (χ2n) is 2.53. The van der Waals surface area contributed by atoms with Gasteiger partial charge in [-0.15, -0.1) is 0 Å². The summed E-state index contributed by atoms with van der Waals surface area (Å²) in [5, 5.41) is 26.9. The van der Waals surface area contributed by atoms with E-state index in [4.69, 9.17) is 10.0 Å². The predicted molar refractivity (Wildman–Crippen MR) is 45.7 cm³/mol. The number of carbonyl (C=O) groups excluding carboxylic acids is 1. The van der Waals surface area contributed by atoms with Gasteiger partial charge in [-0.3, -0.25) is 4.79 Å². The Hall–Kier alpha value is -1.40. The molecule has 3 N–H and O–H groups in total. The number of rotatable bonds is 2. The van der Waals surface area contributed by atoms with Gasteiger partial charge in [0.05, 0.1) is 0 Å². The Labute approximate surface area is 74.8 Å². The topological polar surface area (TPSA) is 90.7 Å². The molecule has 0 aliphatic heterocycles. The van der Waals surface area contributed by atoms with Gasteiger partial charge in [-0.1, -0.05) is 0 Å². The number of ketones is 1. The molecule has 0 fully saturated rings. The third-order valence-corrected chi connectivity index (χ3v) is 1.57. The van der Waals surface area contributed by atoms with E-state index >= 15 is 0 Å². The highest BCUT2D eigenvalue weighted by Crippen LogP contribution is 2.11. The Balaban J connectivity index is 3.26. The molecule has 0 unspecified atom stereocenters. The lowest BCUT2D eigenvalue weighted by Crippen LogP contribution is -2.31. The molecule has 68 valence electrons. The first-order valence-electron chi connectivity index (χ1n) is 3.59. The van der Waals surface area contributed by atoms with E-state index in [1.807, 2.05) is 0 Å². The van der Waals surface area contributed by atoms with Crippen LogP contribution in [0.15, 0.2) is 12.3 Å². The van der Waals surface area contributed by atoms with Crippen molar-refractivity contribution in [1.82, 2.24) is 4.98 Å². The van der Waals surface area contributed by atoms with Crippen molar-refractivity contribution in [2.75, 3.05) is 0 Å². The molecule has 1 aromatic heterocycles. The molecule has 0 atom stereocenters. The van der Waals surface area contributed by atoms with Crippen LogP contribution in [-0.2, 0) is 0 Å². The summed E-state index contributed by atoms with van der Waals surface area (Å²) < 4.78 is 0. The standard InChI is InChI=1S/C7H8BNO4/c1-4(10)6-7(11)5(8(12)13)2-3-9-6/h2-3,11-13H,1H3. The zero-order valence-corrected chi connectivity index (χ0v) is 6.93. The summed E-state index contributed by atoms with van der Waals surface area (Å²) >= 11 is 0. The van der Waals surface area contributed by atoms with E-state index < -0.39 is 18.7 Å². The molecule has 6 heteroatoms. The number of carbonyl (C=O) groups is 1. The Morgan fingerprint density at radius 2 is 2.15 bits per heavy atom. The molecule has 0 saturated heterocycles. The van der Waals surface area contributed by atoms with Gasteiger partial charge in [-0.05, 0) is 6.07 Å². The van der Waals surface area contributed by atoms with Gasteiger partial charge >= 0.3 is 7.12 Å². The normalized spacial score (nSPS) is 9.77. The minimum Gasteiger partial charge on any atom is -0.506 e. The Kier molecular flexibility index (Phi) is 2.65. The second kappa shape index (κ2) is 3.55. The Bertz CT molecular complexity index is 339. The van der Waals surface area contributed by atoms with Crippen LogP contribution < -0.4 is 5.46 Å². The summed E-state index contributed by atoms with van der Waals surface area (Å²) in [4.78, 5) is 14.5. The van der Waals surface area contributed by atoms with E-state index in [9.17, 15) is 9.90 Å². The summed E-state index contributed by atoms with van der Waals surface area (Å²) in [5.41, 5.74) is -0.286. The average molecular weight is 181 g/mol. The van der Waals surface area contributed by atoms with Crippen molar-refractivity contribution in [3.8, 4) is 5.75 Å². The maximum absolute atomic E-state index is 10.9. The van der Waals surface area contributed by atoms with Gasteiger partial charge < -0.3 is 15.2 Å². The van der Waals surface area contributed by atoms with E-state index in [-0.39, 0.29) is 11.2 Å². The molecule has 0 spiro atoms. The molecule has 0 saturated carbocycles. The van der Waals surface area contributed by atoms with Crippen molar-refractivity contribution in [2.45, 2.75) is 6.92 Å². The van der Waals surface area contributed by atoms with Gasteiger partial charge in [-0.25, -0.2) is 4.98 Å². The molecule has 13 heavy (non-hydrogen) atoms. The highest BCUT2D eigenvalue weighted by molar-refractivity contribution is 6.59. The zero-order valence-electron chi connectivity index (χ0n) is 6.93. The van der Waals surface area contributed by atoms with Crippen LogP contribution in [0.25, 0.3) is 0 Å². The zero-order chi connectivity index (χ0) is 10.0. The molecule has 1 rings (SSSR count). The molecular formula is C7H8BNO4. The van der Waals surface area contributed by atoms with Crippen LogP contribution in [-0.4, -0.2) is 33.0 Å². The summed E-state index contributed by atoms with van der Waals surface area (Å²) in [5.74, 6) is -0.912. The molecule has 0 aliphatic rings. The van der Waals surface area contributed by atoms with Crippen LogP contribution >= 0.6 is 0 Å². The lowest BCUT2D eigenvalue weighted by molar-refractivity contribution is 0.101. The minimum absolute atomic E-state index is 0.125. The van der Waals surface area contributed by atoms with Crippen LogP contribution in [0.3, 0.4) is 0 Å². The average Bonchev–Trinajstić information content (AvgIpc) is 2.03. The third-order valence-electron chi connectivity index (χ3n) is 1.57. The highest BCUT2D eigenvalue weighted by atomic mass is 16.4. The number of hydrogen-bond acceptors (Lipinski definition) is 5. The number of Topliss-reactive ketones (excluding diaryl/α,β-unsaturated/α-hetero) is 1. The smallest absolute Gasteiger partial charge is 0.492 e. The van der Waals surface area contributed by atoms with Crippen LogP contribution in [0.5, 0.6) is 5.75 Å². The van der Waals surface area contributed by atoms with E-state index in [1.54, 1.807) is 0 Å². The third kappa shape index (κ3) is 1.85. The molecular weight excluding hydrogens is 173 g/mol. The SMILES string of the molecule is CC(=O)c1nccc(B(O)O)c1O. The van der Waals surface area contributed by atoms with E-state index in [0.717, 1.165) is 0 Å². The van der Waals surface area contributed by atoms with E-state index in [0.29, 0.717) is 0 Å². The van der Waals surface area contributed by atoms with E-state index in [1.165, 1.54) is 19.2 Å². The maximum atomic E-state index is 10.9. The van der Waals surface area contributed by atoms with Crippen LogP contribution in [0.1, 0.15) is 17.4 Å². The van der Waals surface area contributed by atoms with Crippen molar-refractivity contribution in [1.29, 1.82) is 0 Å². The summed E-state index contributed by atoms with van der Waals surface area (Å²) in [6.45, 7) is 1.23. The Morgan fingerprint density at radius 3 is 2.62 bits per heavy atom. The van der Waals surface area contributed by atoms with Gasteiger partial charge in [0.25, 0.3) is 0 Å². The second-order valence-corrected chi connectivity index (χ2v) is 2.53. The summed E-state index contributed by atoms with van der Waals surface area (Å²) in [6, 6.07) is 1.23. The lowest BCUT2D eigenvalue weighted by Gasteiger charge is -2.04. The molecule has 0 bridgehead atoms. The molecule has 1 aromatic rings. The largest absolute Gasteiger partial charge is 0.506 e. The number of hydrogen-bond donors (Lipinski definition) is 3. The van der Waals surface area contributed by atoms with Gasteiger partial charge in [0.2, 0.25) is 0 Å². The molecule has 0 aliphatic carbocycles. The highest BCUT2D eigenvalue weighted by Gasteiger charge is 2.20. The van der Waals surface area contributed by atoms with Crippen molar-refractivity contribution in [2.24, 2.45) is 0 Å². The van der Waals surface area contributed by atoms with Crippen molar-refractivity contribution in [3.05, 3.63) is 18.0 Å². The fourth-order valence-electron chi connectivity index (χ4n) is 0.935. The van der Waals surface area contributed by atoms with Gasteiger partial charge in [-0.2, -0.15) is 0 Å². The first kappa shape index (κ1) is 9.69.